The minimum Gasteiger partial charge on any atom is -0.339 e. The van der Waals surface area contributed by atoms with E-state index in [1.807, 2.05) is 31.2 Å². The molecule has 2 N–H and O–H groups in total. The van der Waals surface area contributed by atoms with E-state index >= 15 is 0 Å². The molecule has 166 valence electrons. The highest BCUT2D eigenvalue weighted by Gasteiger charge is 2.27. The van der Waals surface area contributed by atoms with Gasteiger partial charge < -0.3 is 10.2 Å². The molecule has 8 heteroatoms. The second-order valence-corrected chi connectivity index (χ2v) is 9.49. The first-order valence-corrected chi connectivity index (χ1v) is 12.0. The minimum absolute atomic E-state index is 0.0126. The molecule has 0 spiro atoms. The summed E-state index contributed by atoms with van der Waals surface area (Å²) in [5.41, 5.74) is 2.47. The van der Waals surface area contributed by atoms with Gasteiger partial charge in [0, 0.05) is 38.2 Å². The summed E-state index contributed by atoms with van der Waals surface area (Å²) in [6.07, 6.45) is 2.55. The third-order valence-electron chi connectivity index (χ3n) is 5.25. The van der Waals surface area contributed by atoms with Crippen LogP contribution in [-0.2, 0) is 32.6 Å². The number of hydrogen-bond acceptors (Lipinski definition) is 4. The molecule has 2 amide bonds. The summed E-state index contributed by atoms with van der Waals surface area (Å²) in [4.78, 5) is 26.1. The van der Waals surface area contributed by atoms with Crippen molar-refractivity contribution in [3.63, 3.8) is 0 Å². The van der Waals surface area contributed by atoms with Crippen LogP contribution in [0.15, 0.2) is 53.4 Å². The van der Waals surface area contributed by atoms with Crippen molar-refractivity contribution < 1.29 is 18.0 Å². The molecular formula is C23H29N3O4S. The lowest BCUT2D eigenvalue weighted by molar-refractivity contribution is -0.129. The van der Waals surface area contributed by atoms with Gasteiger partial charge in [0.15, 0.2) is 0 Å². The molecule has 0 aliphatic heterocycles. The van der Waals surface area contributed by atoms with Gasteiger partial charge in [-0.05, 0) is 55.5 Å². The van der Waals surface area contributed by atoms with Crippen LogP contribution in [0, 0.1) is 0 Å². The Morgan fingerprint density at radius 1 is 1.06 bits per heavy atom. The van der Waals surface area contributed by atoms with Crippen LogP contribution in [0.5, 0.6) is 0 Å². The van der Waals surface area contributed by atoms with Gasteiger partial charge in [0.2, 0.25) is 21.8 Å². The zero-order valence-corrected chi connectivity index (χ0v) is 18.7. The highest BCUT2D eigenvalue weighted by atomic mass is 32.2. The van der Waals surface area contributed by atoms with Gasteiger partial charge in [0.1, 0.15) is 0 Å². The van der Waals surface area contributed by atoms with Crippen LogP contribution in [0.1, 0.15) is 44.2 Å². The Morgan fingerprint density at radius 3 is 2.35 bits per heavy atom. The Kier molecular flexibility index (Phi) is 7.46. The molecule has 2 aromatic carbocycles. The lowest BCUT2D eigenvalue weighted by atomic mass is 10.1. The number of benzene rings is 2. The van der Waals surface area contributed by atoms with E-state index < -0.39 is 10.0 Å². The molecule has 31 heavy (non-hydrogen) atoms. The molecule has 0 heterocycles. The van der Waals surface area contributed by atoms with Gasteiger partial charge in [0.25, 0.3) is 0 Å². The number of hydrogen-bond donors (Lipinski definition) is 2. The maximum Gasteiger partial charge on any atom is 0.240 e. The fourth-order valence-corrected chi connectivity index (χ4v) is 4.53. The molecule has 0 bridgehead atoms. The van der Waals surface area contributed by atoms with Gasteiger partial charge >= 0.3 is 0 Å². The fraction of sp³-hybridized carbons (Fsp3) is 0.391. The number of nitrogens with one attached hydrogen (secondary N) is 2. The fourth-order valence-electron chi connectivity index (χ4n) is 3.23. The number of anilines is 1. The van der Waals surface area contributed by atoms with Gasteiger partial charge in [-0.15, -0.1) is 0 Å². The predicted molar refractivity (Wildman–Crippen MR) is 120 cm³/mol. The average molecular weight is 444 g/mol. The van der Waals surface area contributed by atoms with Gasteiger partial charge in [-0.25, -0.2) is 13.1 Å². The lowest BCUT2D eigenvalue weighted by Gasteiger charge is -2.21. The molecule has 0 aromatic heterocycles. The smallest absolute Gasteiger partial charge is 0.240 e. The SMILES string of the molecule is CCN(Cc1ccccc1NC(=O)CCc1ccc(S(=O)(=O)NC2CC2)cc1)C(C)=O. The summed E-state index contributed by atoms with van der Waals surface area (Å²) < 4.78 is 27.1. The zero-order valence-electron chi connectivity index (χ0n) is 17.9. The second kappa shape index (κ2) is 10.1. The number of rotatable bonds is 10. The molecule has 1 aliphatic rings. The summed E-state index contributed by atoms with van der Waals surface area (Å²) in [6, 6.07) is 14.2. The van der Waals surface area contributed by atoms with E-state index in [0.29, 0.717) is 25.2 Å². The molecule has 0 saturated heterocycles. The van der Waals surface area contributed by atoms with E-state index in [2.05, 4.69) is 10.0 Å². The van der Waals surface area contributed by atoms with Crippen molar-refractivity contribution in [2.45, 2.75) is 57.0 Å². The van der Waals surface area contributed by atoms with Crippen molar-refractivity contribution in [2.75, 3.05) is 11.9 Å². The normalized spacial score (nSPS) is 13.6. The van der Waals surface area contributed by atoms with E-state index in [1.54, 1.807) is 29.2 Å². The van der Waals surface area contributed by atoms with Crippen molar-refractivity contribution >= 4 is 27.5 Å². The molecule has 0 radical (unpaired) electrons. The minimum atomic E-state index is -3.47. The first-order valence-electron chi connectivity index (χ1n) is 10.5. The van der Waals surface area contributed by atoms with Crippen molar-refractivity contribution in [3.05, 3.63) is 59.7 Å². The van der Waals surface area contributed by atoms with E-state index in [1.165, 1.54) is 6.92 Å². The lowest BCUT2D eigenvalue weighted by Crippen LogP contribution is -2.28. The Hall–Kier alpha value is -2.71. The number of carbonyl (C=O) groups excluding carboxylic acids is 2. The first-order chi connectivity index (χ1) is 14.8. The van der Waals surface area contributed by atoms with E-state index in [0.717, 1.165) is 24.0 Å². The van der Waals surface area contributed by atoms with E-state index in [4.69, 9.17) is 0 Å². The third kappa shape index (κ3) is 6.63. The van der Waals surface area contributed by atoms with Crippen LogP contribution in [0.25, 0.3) is 0 Å². The number of para-hydroxylation sites is 1. The Balaban J connectivity index is 1.56. The first kappa shape index (κ1) is 23.0. The highest BCUT2D eigenvalue weighted by Crippen LogP contribution is 2.22. The number of carbonyl (C=O) groups is 2. The van der Waals surface area contributed by atoms with Gasteiger partial charge in [0.05, 0.1) is 4.90 Å². The molecule has 0 atom stereocenters. The number of nitrogens with zero attached hydrogens (tertiary/aromatic N) is 1. The van der Waals surface area contributed by atoms with Gasteiger partial charge in [-0.2, -0.15) is 0 Å². The molecule has 1 fully saturated rings. The molecule has 0 unspecified atom stereocenters. The van der Waals surface area contributed by atoms with Crippen LogP contribution < -0.4 is 10.0 Å². The molecule has 3 rings (SSSR count). The summed E-state index contributed by atoms with van der Waals surface area (Å²) in [5.74, 6) is -0.146. The molecule has 2 aromatic rings. The number of aryl methyl sites for hydroxylation is 1. The third-order valence-corrected chi connectivity index (χ3v) is 6.79. The summed E-state index contributed by atoms with van der Waals surface area (Å²) in [7, 11) is -3.47. The van der Waals surface area contributed by atoms with Crippen molar-refractivity contribution in [1.82, 2.24) is 9.62 Å². The largest absolute Gasteiger partial charge is 0.339 e. The van der Waals surface area contributed by atoms with E-state index in [9.17, 15) is 18.0 Å². The standard InChI is InChI=1S/C23H29N3O4S/c1-3-26(17(2)27)16-19-6-4-5-7-22(19)24-23(28)15-10-18-8-13-21(14-9-18)31(29,30)25-20-11-12-20/h4-9,13-14,20,25H,3,10-12,15-16H2,1-2H3,(H,24,28). The van der Waals surface area contributed by atoms with Crippen LogP contribution in [0.3, 0.4) is 0 Å². The maximum atomic E-state index is 12.5. The van der Waals surface area contributed by atoms with Crippen LogP contribution >= 0.6 is 0 Å². The summed E-state index contributed by atoms with van der Waals surface area (Å²) in [5, 5.41) is 2.93. The van der Waals surface area contributed by atoms with Crippen molar-refractivity contribution in [3.8, 4) is 0 Å². The number of amides is 2. The Labute approximate surface area is 183 Å². The quantitative estimate of drug-likeness (QED) is 0.590. The second-order valence-electron chi connectivity index (χ2n) is 7.78. The highest BCUT2D eigenvalue weighted by molar-refractivity contribution is 7.89. The average Bonchev–Trinajstić information content (AvgIpc) is 3.55. The monoisotopic (exact) mass is 443 g/mol. The van der Waals surface area contributed by atoms with Crippen molar-refractivity contribution in [1.29, 1.82) is 0 Å². The molecule has 1 aliphatic carbocycles. The van der Waals surface area contributed by atoms with Crippen molar-refractivity contribution in [2.24, 2.45) is 0 Å². The van der Waals surface area contributed by atoms with Crippen LogP contribution in [-0.4, -0.2) is 37.7 Å². The van der Waals surface area contributed by atoms with Gasteiger partial charge in [-0.1, -0.05) is 30.3 Å². The van der Waals surface area contributed by atoms with Gasteiger partial charge in [-0.3, -0.25) is 9.59 Å². The number of sulfonamides is 1. The zero-order chi connectivity index (χ0) is 22.4. The molecule has 1 saturated carbocycles. The van der Waals surface area contributed by atoms with Crippen LogP contribution in [0.4, 0.5) is 5.69 Å². The Bertz CT molecular complexity index is 1030. The predicted octanol–water partition coefficient (Wildman–Crippen LogP) is 3.07. The Morgan fingerprint density at radius 2 is 1.74 bits per heavy atom. The van der Waals surface area contributed by atoms with E-state index in [-0.39, 0.29) is 29.2 Å². The topological polar surface area (TPSA) is 95.6 Å². The summed E-state index contributed by atoms with van der Waals surface area (Å²) in [6.45, 7) is 4.48. The summed E-state index contributed by atoms with van der Waals surface area (Å²) >= 11 is 0. The maximum absolute atomic E-state index is 12.5. The molecular weight excluding hydrogens is 414 g/mol. The molecule has 7 nitrogen and oxygen atoms in total. The van der Waals surface area contributed by atoms with Crippen LogP contribution in [0.2, 0.25) is 0 Å².